The minimum atomic E-state index is -1.80. The fraction of sp³-hybridized carbons (Fsp3) is 0. The predicted molar refractivity (Wildman–Crippen MR) is 35.3 cm³/mol. The summed E-state index contributed by atoms with van der Waals surface area (Å²) in [5.41, 5.74) is 0. The zero-order valence-corrected chi connectivity index (χ0v) is 6.00. The summed E-state index contributed by atoms with van der Waals surface area (Å²) in [7, 11) is 8.77. The maximum absolute atomic E-state index is 9.37. The molecule has 1 nitrogen and oxygen atoms in total. The van der Waals surface area contributed by atoms with Crippen LogP contribution in [0.5, 0.6) is 0 Å². The van der Waals surface area contributed by atoms with Gasteiger partial charge < -0.3 is 0 Å². The first-order chi connectivity index (χ1) is 2.27. The third-order valence-electron chi connectivity index (χ3n) is 0.0735. The number of hydrogen-bond donors (Lipinski definition) is 1. The van der Waals surface area contributed by atoms with Crippen molar-refractivity contribution < 1.29 is 4.70 Å². The van der Waals surface area contributed by atoms with Crippen LogP contribution in [0.3, 0.4) is 0 Å². The first-order valence-electron chi connectivity index (χ1n) is 0.766. The van der Waals surface area contributed by atoms with Gasteiger partial charge in [0.1, 0.15) is 0 Å². The summed E-state index contributed by atoms with van der Waals surface area (Å²) in [5.74, 6) is 0. The Balaban J connectivity index is 2.83. The number of rotatable bonds is 1. The molecule has 0 bridgehead atoms. The van der Waals surface area contributed by atoms with Gasteiger partial charge in [-0.15, -0.1) is 0 Å². The molecule has 0 radical (unpaired) electrons. The van der Waals surface area contributed by atoms with E-state index in [2.05, 4.69) is 9.80 Å². The molecular formula is HBClIOS. The quantitative estimate of drug-likeness (QED) is 0.404. The van der Waals surface area contributed by atoms with Crippen molar-refractivity contribution in [3.8, 4) is 0 Å². The molecule has 0 unspecified atom stereocenters. The molecule has 5 heavy (non-hydrogen) atoms. The summed E-state index contributed by atoms with van der Waals surface area (Å²) in [6.45, 7) is 0. The van der Waals surface area contributed by atoms with E-state index in [1.165, 1.54) is 0 Å². The summed E-state index contributed by atoms with van der Waals surface area (Å²) in [4.78, 5) is 0. The van der Waals surface area contributed by atoms with E-state index in [4.69, 9.17) is 8.91 Å². The zero-order chi connectivity index (χ0) is 4.28. The van der Waals surface area contributed by atoms with Crippen LogP contribution < -0.4 is 0 Å². The molecule has 0 saturated carbocycles. The Bertz CT molecular complexity index is 38.6. The van der Waals surface area contributed by atoms with Gasteiger partial charge in [0, 0.05) is 0 Å². The SMILES string of the molecule is O=BI(S)Cl. The van der Waals surface area contributed by atoms with Gasteiger partial charge in [0.05, 0.1) is 0 Å². The second-order valence-electron chi connectivity index (χ2n) is 0.333. The van der Waals surface area contributed by atoms with Gasteiger partial charge >= 0.3 is 45.5 Å². The zero-order valence-electron chi connectivity index (χ0n) is 2.19. The van der Waals surface area contributed by atoms with Crippen molar-refractivity contribution in [2.45, 2.75) is 0 Å². The third-order valence-corrected chi connectivity index (χ3v) is 1.48. The molecule has 0 heterocycles. The fourth-order valence-corrected chi connectivity index (χ4v) is 0. The molecule has 0 aromatic carbocycles. The van der Waals surface area contributed by atoms with Crippen LogP contribution in [0.15, 0.2) is 0 Å². The molecule has 0 aliphatic carbocycles. The predicted octanol–water partition coefficient (Wildman–Crippen LogP) is 1.46. The van der Waals surface area contributed by atoms with Crippen molar-refractivity contribution in [1.82, 2.24) is 0 Å². The Labute approximate surface area is 45.4 Å². The molecule has 0 rings (SSSR count). The average molecular weight is 222 g/mol. The van der Waals surface area contributed by atoms with Crippen molar-refractivity contribution in [2.75, 3.05) is 0 Å². The van der Waals surface area contributed by atoms with Gasteiger partial charge in [-0.25, -0.2) is 0 Å². The van der Waals surface area contributed by atoms with Gasteiger partial charge in [-0.05, 0) is 0 Å². The number of halogens is 2. The first kappa shape index (κ1) is 6.23. The molecule has 0 saturated heterocycles. The van der Waals surface area contributed by atoms with Crippen molar-refractivity contribution in [2.24, 2.45) is 0 Å². The molecule has 0 N–H and O–H groups in total. The molecule has 30 valence electrons. The summed E-state index contributed by atoms with van der Waals surface area (Å²) >= 11 is -1.80. The van der Waals surface area contributed by atoms with E-state index in [9.17, 15) is 4.70 Å². The first-order valence-corrected chi connectivity index (χ1v) is 7.98. The summed E-state index contributed by atoms with van der Waals surface area (Å²) in [6.07, 6.45) is 0. The third kappa shape index (κ3) is 5.23. The summed E-state index contributed by atoms with van der Waals surface area (Å²) in [5, 5.41) is 0.703. The molecule has 0 spiro atoms. The molecule has 0 aromatic rings. The number of thiol groups is 1. The van der Waals surface area contributed by atoms with Crippen LogP contribution in [0.1, 0.15) is 0 Å². The van der Waals surface area contributed by atoms with E-state index >= 15 is 0 Å². The topological polar surface area (TPSA) is 17.1 Å². The van der Waals surface area contributed by atoms with Crippen molar-refractivity contribution in [1.29, 1.82) is 0 Å². The van der Waals surface area contributed by atoms with Gasteiger partial charge in [0.15, 0.2) is 0 Å². The Morgan fingerprint density at radius 1 is 2.00 bits per heavy atom. The van der Waals surface area contributed by atoms with Gasteiger partial charge in [0.2, 0.25) is 0 Å². The van der Waals surface area contributed by atoms with Crippen LogP contribution in [0.25, 0.3) is 0 Å². The minimum absolute atomic E-state index is 0.703. The molecular weight excluding hydrogens is 221 g/mol. The van der Waals surface area contributed by atoms with Crippen LogP contribution in [-0.2, 0) is 4.70 Å². The van der Waals surface area contributed by atoms with Crippen LogP contribution in [0.4, 0.5) is 0 Å². The van der Waals surface area contributed by atoms with E-state index in [1.54, 1.807) is 0 Å². The Hall–Kier alpha value is 1.23. The van der Waals surface area contributed by atoms with E-state index in [1.807, 2.05) is 0 Å². The average Bonchev–Trinajstić information content (AvgIpc) is 1.38. The molecule has 5 heteroatoms. The van der Waals surface area contributed by atoms with Gasteiger partial charge in [-0.3, -0.25) is 0 Å². The second kappa shape index (κ2) is 3.43. The molecule has 0 aromatic heterocycles. The fourth-order valence-electron chi connectivity index (χ4n) is 0. The molecule has 0 aliphatic rings. The van der Waals surface area contributed by atoms with Crippen LogP contribution in [0.2, 0.25) is 0 Å². The summed E-state index contributed by atoms with van der Waals surface area (Å²) in [6, 6.07) is 0. The maximum atomic E-state index is 9.37. The Kier molecular flexibility index (Phi) is 4.27. The Morgan fingerprint density at radius 2 is 2.20 bits per heavy atom. The standard InChI is InChI=1S/BClHIOS/c2-3(5)1-4/h5H. The van der Waals surface area contributed by atoms with Crippen molar-refractivity contribution in [3.05, 3.63) is 0 Å². The van der Waals surface area contributed by atoms with Crippen molar-refractivity contribution >= 4 is 40.8 Å². The normalized spacial score (nSPS) is 9.60. The van der Waals surface area contributed by atoms with Crippen molar-refractivity contribution in [3.63, 3.8) is 0 Å². The van der Waals surface area contributed by atoms with Gasteiger partial charge in [-0.2, -0.15) is 0 Å². The number of hydrogen-bond acceptors (Lipinski definition) is 2. The monoisotopic (exact) mass is 222 g/mol. The Morgan fingerprint density at radius 3 is 2.20 bits per heavy atom. The van der Waals surface area contributed by atoms with Gasteiger partial charge in [-0.1, -0.05) is 0 Å². The van der Waals surface area contributed by atoms with E-state index in [0.29, 0.717) is 5.01 Å². The van der Waals surface area contributed by atoms with E-state index in [0.717, 1.165) is 0 Å². The van der Waals surface area contributed by atoms with E-state index < -0.39 is 17.1 Å². The van der Waals surface area contributed by atoms with Crippen LogP contribution in [0, 0.1) is 0 Å². The van der Waals surface area contributed by atoms with Crippen LogP contribution in [-0.4, -0.2) is 5.01 Å². The van der Waals surface area contributed by atoms with Gasteiger partial charge in [0.25, 0.3) is 0 Å². The molecule has 0 aliphatic heterocycles. The van der Waals surface area contributed by atoms with Crippen LogP contribution >= 0.6 is 35.8 Å². The molecule has 0 amide bonds. The second-order valence-corrected chi connectivity index (χ2v) is 8.08. The van der Waals surface area contributed by atoms with E-state index in [-0.39, 0.29) is 0 Å². The summed E-state index contributed by atoms with van der Waals surface area (Å²) < 4.78 is 9.37. The molecule has 0 atom stereocenters. The molecule has 0 fully saturated rings.